The number of carbonyl (C=O) groups excluding carboxylic acids is 1. The molecule has 0 atom stereocenters. The number of carbonyl (C=O) groups is 1. The molecule has 2 N–H and O–H groups in total. The van der Waals surface area contributed by atoms with Crippen molar-refractivity contribution < 1.29 is 19.0 Å². The second kappa shape index (κ2) is 10.3. The van der Waals surface area contributed by atoms with E-state index in [1.54, 1.807) is 39.3 Å². The van der Waals surface area contributed by atoms with E-state index in [9.17, 15) is 4.79 Å². The minimum Gasteiger partial charge on any atom is -0.494 e. The van der Waals surface area contributed by atoms with E-state index in [4.69, 9.17) is 14.2 Å². The van der Waals surface area contributed by atoms with Crippen LogP contribution in [0.5, 0.6) is 17.2 Å². The van der Waals surface area contributed by atoms with Gasteiger partial charge in [0.1, 0.15) is 11.4 Å². The van der Waals surface area contributed by atoms with Crippen molar-refractivity contribution in [2.75, 3.05) is 20.8 Å². The molecule has 0 aliphatic heterocycles. The summed E-state index contributed by atoms with van der Waals surface area (Å²) in [4.78, 5) is 12.5. The highest BCUT2D eigenvalue weighted by Crippen LogP contribution is 2.27. The summed E-state index contributed by atoms with van der Waals surface area (Å²) in [6.45, 7) is 4.53. The van der Waals surface area contributed by atoms with Gasteiger partial charge in [-0.1, -0.05) is 6.92 Å². The first-order valence-corrected chi connectivity index (χ1v) is 9.91. The lowest BCUT2D eigenvalue weighted by atomic mass is 10.1. The topological polar surface area (TPSA) is 97.8 Å². The minimum absolute atomic E-state index is 0.310. The fraction of sp³-hybridized carbons (Fsp3) is 0.261. The predicted octanol–water partition coefficient (Wildman–Crippen LogP) is 4.04. The molecular weight excluding hydrogens is 396 g/mol. The van der Waals surface area contributed by atoms with Crippen LogP contribution in [0.3, 0.4) is 0 Å². The Hall–Kier alpha value is -3.81. The maximum absolute atomic E-state index is 12.5. The van der Waals surface area contributed by atoms with Crippen molar-refractivity contribution in [3.05, 3.63) is 59.8 Å². The molecule has 1 amide bonds. The van der Waals surface area contributed by atoms with Gasteiger partial charge in [0.05, 0.1) is 32.2 Å². The first-order chi connectivity index (χ1) is 15.0. The average Bonchev–Trinajstić information content (AvgIpc) is 3.31. The van der Waals surface area contributed by atoms with Gasteiger partial charge >= 0.3 is 0 Å². The van der Waals surface area contributed by atoms with Crippen LogP contribution in [0.4, 0.5) is 0 Å². The maximum atomic E-state index is 12.5. The Morgan fingerprint density at radius 1 is 1.06 bits per heavy atom. The van der Waals surface area contributed by atoms with Gasteiger partial charge in [0.25, 0.3) is 5.91 Å². The molecule has 31 heavy (non-hydrogen) atoms. The Morgan fingerprint density at radius 3 is 2.48 bits per heavy atom. The third-order valence-corrected chi connectivity index (χ3v) is 4.57. The number of hydrazone groups is 1. The number of methoxy groups -OCH3 is 2. The van der Waals surface area contributed by atoms with Crippen LogP contribution in [0.2, 0.25) is 0 Å². The first kappa shape index (κ1) is 21.9. The lowest BCUT2D eigenvalue weighted by Crippen LogP contribution is -2.19. The normalized spacial score (nSPS) is 11.2. The zero-order valence-corrected chi connectivity index (χ0v) is 18.1. The summed E-state index contributed by atoms with van der Waals surface area (Å²) in [6.07, 6.45) is 0.952. The number of nitrogens with one attached hydrogen (secondary N) is 2. The molecule has 8 nitrogen and oxygen atoms in total. The van der Waals surface area contributed by atoms with Gasteiger partial charge < -0.3 is 14.2 Å². The summed E-state index contributed by atoms with van der Waals surface area (Å²) in [5.74, 6) is 1.63. The Kier molecular flexibility index (Phi) is 7.26. The molecule has 0 fully saturated rings. The van der Waals surface area contributed by atoms with Crippen molar-refractivity contribution in [1.82, 2.24) is 15.6 Å². The molecule has 0 bridgehead atoms. The number of hydrogen-bond donors (Lipinski definition) is 2. The number of aromatic amines is 1. The fourth-order valence-electron chi connectivity index (χ4n) is 2.85. The van der Waals surface area contributed by atoms with Crippen LogP contribution in [0, 0.1) is 0 Å². The molecule has 1 aromatic heterocycles. The molecule has 8 heteroatoms. The van der Waals surface area contributed by atoms with Crippen molar-refractivity contribution in [3.63, 3.8) is 0 Å². The Bertz CT molecular complexity index is 1060. The highest BCUT2D eigenvalue weighted by molar-refractivity contribution is 6.01. The molecule has 0 aliphatic rings. The molecule has 2 aromatic carbocycles. The SMILES string of the molecule is CCCOc1ccc(-c2cc(C(=O)N/N=C(\C)c3ccc(OC)c(OC)c3)[nH]n2)cc1. The van der Waals surface area contributed by atoms with Gasteiger partial charge in [-0.15, -0.1) is 0 Å². The van der Waals surface area contributed by atoms with Gasteiger partial charge in [-0.05, 0) is 61.9 Å². The number of rotatable bonds is 9. The molecule has 0 unspecified atom stereocenters. The minimum atomic E-state index is -0.388. The molecule has 0 aliphatic carbocycles. The maximum Gasteiger partial charge on any atom is 0.289 e. The largest absolute Gasteiger partial charge is 0.494 e. The number of nitrogens with zero attached hydrogens (tertiary/aromatic N) is 2. The molecule has 0 radical (unpaired) electrons. The lowest BCUT2D eigenvalue weighted by Gasteiger charge is -2.09. The third-order valence-electron chi connectivity index (χ3n) is 4.57. The second-order valence-corrected chi connectivity index (χ2v) is 6.75. The van der Waals surface area contributed by atoms with Crippen LogP contribution >= 0.6 is 0 Å². The van der Waals surface area contributed by atoms with E-state index < -0.39 is 0 Å². The van der Waals surface area contributed by atoms with Gasteiger partial charge in [-0.3, -0.25) is 9.89 Å². The monoisotopic (exact) mass is 422 g/mol. The molecule has 3 rings (SSSR count). The van der Waals surface area contributed by atoms with Crippen molar-refractivity contribution >= 4 is 11.6 Å². The average molecular weight is 422 g/mol. The Balaban J connectivity index is 1.67. The van der Waals surface area contributed by atoms with Crippen LogP contribution in [0.15, 0.2) is 53.6 Å². The van der Waals surface area contributed by atoms with Gasteiger partial charge in [-0.2, -0.15) is 10.2 Å². The number of H-pyrrole nitrogens is 1. The fourth-order valence-corrected chi connectivity index (χ4v) is 2.85. The van der Waals surface area contributed by atoms with E-state index in [0.717, 1.165) is 23.3 Å². The second-order valence-electron chi connectivity index (χ2n) is 6.75. The molecule has 0 saturated carbocycles. The smallest absolute Gasteiger partial charge is 0.289 e. The Labute approximate surface area is 181 Å². The summed E-state index contributed by atoms with van der Waals surface area (Å²) in [6, 6.07) is 14.7. The third kappa shape index (κ3) is 5.42. The van der Waals surface area contributed by atoms with Crippen molar-refractivity contribution in [1.29, 1.82) is 0 Å². The van der Waals surface area contributed by atoms with Crippen molar-refractivity contribution in [2.24, 2.45) is 5.10 Å². The van der Waals surface area contributed by atoms with E-state index in [0.29, 0.717) is 35.2 Å². The quantitative estimate of drug-likeness (QED) is 0.401. The summed E-state index contributed by atoms with van der Waals surface area (Å²) >= 11 is 0. The molecule has 162 valence electrons. The summed E-state index contributed by atoms with van der Waals surface area (Å²) in [5, 5.41) is 11.2. The van der Waals surface area contributed by atoms with Gasteiger partial charge in [-0.25, -0.2) is 5.43 Å². The van der Waals surface area contributed by atoms with Crippen molar-refractivity contribution in [3.8, 4) is 28.5 Å². The Morgan fingerprint density at radius 2 is 1.81 bits per heavy atom. The molecular formula is C23H26N4O4. The lowest BCUT2D eigenvalue weighted by molar-refractivity contribution is 0.0950. The summed E-state index contributed by atoms with van der Waals surface area (Å²) in [5.41, 5.74) is 5.82. The van der Waals surface area contributed by atoms with Crippen LogP contribution in [0.25, 0.3) is 11.3 Å². The van der Waals surface area contributed by atoms with E-state index >= 15 is 0 Å². The van der Waals surface area contributed by atoms with Crippen LogP contribution in [0.1, 0.15) is 36.3 Å². The standard InChI is InChI=1S/C23H26N4O4/c1-5-12-31-18-9-6-16(7-10-18)19-14-20(26-25-19)23(28)27-24-15(2)17-8-11-21(29-3)22(13-17)30-4/h6-11,13-14H,5,12H2,1-4H3,(H,25,26)(H,27,28)/b24-15+. The number of benzene rings is 2. The van der Waals surface area contributed by atoms with E-state index in [1.165, 1.54) is 0 Å². The molecule has 0 saturated heterocycles. The van der Waals surface area contributed by atoms with E-state index in [-0.39, 0.29) is 5.91 Å². The van der Waals surface area contributed by atoms with Gasteiger partial charge in [0.2, 0.25) is 0 Å². The van der Waals surface area contributed by atoms with Crippen LogP contribution in [-0.4, -0.2) is 42.6 Å². The number of ether oxygens (including phenoxy) is 3. The molecule has 0 spiro atoms. The first-order valence-electron chi connectivity index (χ1n) is 9.91. The summed E-state index contributed by atoms with van der Waals surface area (Å²) in [7, 11) is 3.14. The highest BCUT2D eigenvalue weighted by Gasteiger charge is 2.12. The van der Waals surface area contributed by atoms with Crippen molar-refractivity contribution in [2.45, 2.75) is 20.3 Å². The zero-order valence-electron chi connectivity index (χ0n) is 18.1. The molecule has 1 heterocycles. The van der Waals surface area contributed by atoms with E-state index in [2.05, 4.69) is 27.6 Å². The molecule has 3 aromatic rings. The zero-order chi connectivity index (χ0) is 22.2. The number of amides is 1. The number of aromatic nitrogens is 2. The summed E-state index contributed by atoms with van der Waals surface area (Å²) < 4.78 is 16.1. The van der Waals surface area contributed by atoms with Crippen LogP contribution < -0.4 is 19.6 Å². The van der Waals surface area contributed by atoms with Gasteiger partial charge in [0, 0.05) is 11.1 Å². The van der Waals surface area contributed by atoms with E-state index in [1.807, 2.05) is 30.3 Å². The number of hydrogen-bond acceptors (Lipinski definition) is 6. The van der Waals surface area contributed by atoms with Crippen LogP contribution in [-0.2, 0) is 0 Å². The predicted molar refractivity (Wildman–Crippen MR) is 119 cm³/mol. The highest BCUT2D eigenvalue weighted by atomic mass is 16.5. The van der Waals surface area contributed by atoms with Gasteiger partial charge in [0.15, 0.2) is 11.5 Å².